The highest BCUT2D eigenvalue weighted by atomic mass is 79.9. The minimum absolute atomic E-state index is 0.151. The van der Waals surface area contributed by atoms with Crippen LogP contribution in [0.25, 0.3) is 0 Å². The molecule has 1 saturated heterocycles. The highest BCUT2D eigenvalue weighted by Crippen LogP contribution is 2.27. The van der Waals surface area contributed by atoms with E-state index in [2.05, 4.69) is 21.2 Å². The molecule has 3 rings (SSSR count). The van der Waals surface area contributed by atoms with E-state index in [-0.39, 0.29) is 10.8 Å². The average molecular weight is 451 g/mol. The van der Waals surface area contributed by atoms with E-state index in [1.807, 2.05) is 32.0 Å². The third kappa shape index (κ3) is 4.10. The van der Waals surface area contributed by atoms with Crippen molar-refractivity contribution in [2.45, 2.75) is 38.0 Å². The average Bonchev–Trinajstić information content (AvgIpc) is 3.19. The van der Waals surface area contributed by atoms with Crippen LogP contribution < -0.4 is 5.32 Å². The van der Waals surface area contributed by atoms with Crippen molar-refractivity contribution in [3.05, 3.63) is 57.6 Å². The minimum Gasteiger partial charge on any atom is -0.321 e. The quantitative estimate of drug-likeness (QED) is 0.735. The number of benzene rings is 2. The lowest BCUT2D eigenvalue weighted by atomic mass is 10.1. The van der Waals surface area contributed by atoms with Crippen LogP contribution in [0.1, 0.15) is 41.3 Å². The molecule has 0 aliphatic carbocycles. The molecule has 2 aromatic rings. The van der Waals surface area contributed by atoms with E-state index in [1.165, 1.54) is 10.4 Å². The molecule has 1 amide bonds. The van der Waals surface area contributed by atoms with Crippen molar-refractivity contribution in [2.75, 3.05) is 18.4 Å². The molecular weight excluding hydrogens is 428 g/mol. The summed E-state index contributed by atoms with van der Waals surface area (Å²) in [6.45, 7) is 5.04. The van der Waals surface area contributed by atoms with E-state index in [0.29, 0.717) is 23.1 Å². The summed E-state index contributed by atoms with van der Waals surface area (Å²) < 4.78 is 27.7. The van der Waals surface area contributed by atoms with Crippen LogP contribution in [0.4, 0.5) is 5.69 Å². The van der Waals surface area contributed by atoms with Crippen molar-refractivity contribution >= 4 is 37.5 Å². The van der Waals surface area contributed by atoms with Gasteiger partial charge in [0.05, 0.1) is 10.5 Å². The van der Waals surface area contributed by atoms with Crippen LogP contribution in [0, 0.1) is 6.92 Å². The SMILES string of the molecule is CCc1cccc(C)c1NC(=O)c1cc(S(=O)(=O)N2CCCC2)ccc1Br. The topological polar surface area (TPSA) is 66.5 Å². The Morgan fingerprint density at radius 1 is 1.19 bits per heavy atom. The van der Waals surface area contributed by atoms with Crippen LogP contribution in [0.15, 0.2) is 45.8 Å². The first-order valence-corrected chi connectivity index (χ1v) is 11.3. The Balaban J connectivity index is 1.94. The Labute approximate surface area is 169 Å². The molecule has 0 unspecified atom stereocenters. The van der Waals surface area contributed by atoms with Crippen molar-refractivity contribution in [3.8, 4) is 0 Å². The monoisotopic (exact) mass is 450 g/mol. The van der Waals surface area contributed by atoms with Gasteiger partial charge in [0.25, 0.3) is 5.91 Å². The van der Waals surface area contributed by atoms with Crippen molar-refractivity contribution in [1.29, 1.82) is 0 Å². The van der Waals surface area contributed by atoms with E-state index >= 15 is 0 Å². The fourth-order valence-corrected chi connectivity index (χ4v) is 5.27. The number of rotatable bonds is 5. The molecule has 144 valence electrons. The second-order valence-corrected chi connectivity index (χ2v) is 9.46. The van der Waals surface area contributed by atoms with Crippen molar-refractivity contribution < 1.29 is 13.2 Å². The molecule has 1 aliphatic heterocycles. The summed E-state index contributed by atoms with van der Waals surface area (Å²) in [4.78, 5) is 13.1. The number of aryl methyl sites for hydroxylation is 2. The van der Waals surface area contributed by atoms with E-state index in [9.17, 15) is 13.2 Å². The first kappa shape index (κ1) is 20.0. The molecule has 1 N–H and O–H groups in total. The van der Waals surface area contributed by atoms with Gasteiger partial charge >= 0.3 is 0 Å². The second-order valence-electron chi connectivity index (χ2n) is 6.67. The van der Waals surface area contributed by atoms with Crippen LogP contribution in [0.2, 0.25) is 0 Å². The van der Waals surface area contributed by atoms with E-state index in [4.69, 9.17) is 0 Å². The van der Waals surface area contributed by atoms with Crippen molar-refractivity contribution in [1.82, 2.24) is 4.31 Å². The summed E-state index contributed by atoms with van der Waals surface area (Å²) in [6, 6.07) is 10.5. The second kappa shape index (κ2) is 8.12. The third-order valence-electron chi connectivity index (χ3n) is 4.86. The van der Waals surface area contributed by atoms with Gasteiger partial charge in [0.1, 0.15) is 0 Å². The summed E-state index contributed by atoms with van der Waals surface area (Å²) in [5.41, 5.74) is 3.10. The van der Waals surface area contributed by atoms with Gasteiger partial charge in [-0.25, -0.2) is 8.42 Å². The van der Waals surface area contributed by atoms with Gasteiger partial charge in [-0.05, 0) is 71.4 Å². The molecule has 27 heavy (non-hydrogen) atoms. The lowest BCUT2D eigenvalue weighted by Crippen LogP contribution is -2.28. The number of nitrogens with one attached hydrogen (secondary N) is 1. The molecule has 5 nitrogen and oxygen atoms in total. The molecule has 1 heterocycles. The summed E-state index contributed by atoms with van der Waals surface area (Å²) in [6.07, 6.45) is 2.54. The number of carbonyl (C=O) groups is 1. The van der Waals surface area contributed by atoms with Gasteiger partial charge < -0.3 is 5.32 Å². The summed E-state index contributed by atoms with van der Waals surface area (Å²) >= 11 is 3.38. The van der Waals surface area contributed by atoms with Gasteiger partial charge in [-0.1, -0.05) is 25.1 Å². The van der Waals surface area contributed by atoms with E-state index < -0.39 is 10.0 Å². The maximum absolute atomic E-state index is 12.9. The maximum Gasteiger partial charge on any atom is 0.256 e. The largest absolute Gasteiger partial charge is 0.321 e. The summed E-state index contributed by atoms with van der Waals surface area (Å²) in [5.74, 6) is -0.329. The standard InChI is InChI=1S/C20H23BrN2O3S/c1-3-15-8-6-7-14(2)19(15)22-20(24)17-13-16(9-10-18(17)21)27(25,26)23-11-4-5-12-23/h6-10,13H,3-5,11-12H2,1-2H3,(H,22,24). The summed E-state index contributed by atoms with van der Waals surface area (Å²) in [7, 11) is -3.57. The number of hydrogen-bond donors (Lipinski definition) is 1. The highest BCUT2D eigenvalue weighted by Gasteiger charge is 2.28. The predicted octanol–water partition coefficient (Wildman–Crippen LogP) is 4.36. The van der Waals surface area contributed by atoms with Gasteiger partial charge in [-0.15, -0.1) is 0 Å². The van der Waals surface area contributed by atoms with Crippen LogP contribution in [0.3, 0.4) is 0 Å². The molecule has 0 radical (unpaired) electrons. The highest BCUT2D eigenvalue weighted by molar-refractivity contribution is 9.10. The molecule has 0 saturated carbocycles. The van der Waals surface area contributed by atoms with Gasteiger partial charge in [-0.2, -0.15) is 4.31 Å². The number of carbonyl (C=O) groups excluding carboxylic acids is 1. The first-order valence-electron chi connectivity index (χ1n) is 9.04. The molecule has 2 aromatic carbocycles. The lowest BCUT2D eigenvalue weighted by molar-refractivity contribution is 0.102. The Morgan fingerprint density at radius 3 is 2.56 bits per heavy atom. The Kier molecular flexibility index (Phi) is 6.03. The van der Waals surface area contributed by atoms with Gasteiger partial charge in [0.2, 0.25) is 10.0 Å². The number of anilines is 1. The van der Waals surface area contributed by atoms with Crippen LogP contribution in [-0.4, -0.2) is 31.7 Å². The molecular formula is C20H23BrN2O3S. The van der Waals surface area contributed by atoms with Crippen molar-refractivity contribution in [3.63, 3.8) is 0 Å². The zero-order valence-electron chi connectivity index (χ0n) is 15.5. The van der Waals surface area contributed by atoms with Gasteiger partial charge in [-0.3, -0.25) is 4.79 Å². The number of para-hydroxylation sites is 1. The molecule has 1 aliphatic rings. The number of nitrogens with zero attached hydrogens (tertiary/aromatic N) is 1. The van der Waals surface area contributed by atoms with Gasteiger partial charge in [0, 0.05) is 23.2 Å². The van der Waals surface area contributed by atoms with Crippen LogP contribution in [0.5, 0.6) is 0 Å². The first-order chi connectivity index (χ1) is 12.8. The zero-order valence-corrected chi connectivity index (χ0v) is 17.9. The molecule has 7 heteroatoms. The Bertz CT molecular complexity index is 967. The number of sulfonamides is 1. The molecule has 0 atom stereocenters. The lowest BCUT2D eigenvalue weighted by Gasteiger charge is -2.17. The number of amides is 1. The fourth-order valence-electron chi connectivity index (χ4n) is 3.30. The molecule has 0 aromatic heterocycles. The number of halogens is 1. The molecule has 1 fully saturated rings. The summed E-state index contributed by atoms with van der Waals surface area (Å²) in [5, 5.41) is 2.96. The van der Waals surface area contributed by atoms with E-state index in [0.717, 1.165) is 36.1 Å². The molecule has 0 spiro atoms. The van der Waals surface area contributed by atoms with Crippen LogP contribution >= 0.6 is 15.9 Å². The van der Waals surface area contributed by atoms with Gasteiger partial charge in [0.15, 0.2) is 0 Å². The molecule has 0 bridgehead atoms. The smallest absolute Gasteiger partial charge is 0.256 e. The van der Waals surface area contributed by atoms with E-state index in [1.54, 1.807) is 12.1 Å². The zero-order chi connectivity index (χ0) is 19.6. The predicted molar refractivity (Wildman–Crippen MR) is 111 cm³/mol. The number of hydrogen-bond acceptors (Lipinski definition) is 3. The normalized spacial score (nSPS) is 15.1. The Morgan fingerprint density at radius 2 is 1.89 bits per heavy atom. The Hall–Kier alpha value is -1.70. The minimum atomic E-state index is -3.57. The van der Waals surface area contributed by atoms with Crippen LogP contribution in [-0.2, 0) is 16.4 Å². The van der Waals surface area contributed by atoms with Crippen molar-refractivity contribution in [2.24, 2.45) is 0 Å². The third-order valence-corrected chi connectivity index (χ3v) is 7.45. The maximum atomic E-state index is 12.9. The fraction of sp³-hybridized carbons (Fsp3) is 0.350.